The van der Waals surface area contributed by atoms with Gasteiger partial charge in [-0.25, -0.2) is 18.7 Å². The zero-order valence-corrected chi connectivity index (χ0v) is 20.8. The summed E-state index contributed by atoms with van der Waals surface area (Å²) in [4.78, 5) is 9.35. The largest absolute Gasteiger partial charge is 0.389 e. The zero-order valence-electron chi connectivity index (χ0n) is 20.8. The number of alkyl halides is 2. The molecule has 0 bridgehead atoms. The predicted octanol–water partition coefficient (Wildman–Crippen LogP) is 5.14. The van der Waals surface area contributed by atoms with Gasteiger partial charge in [0.05, 0.1) is 34.7 Å². The molecule has 0 saturated carbocycles. The van der Waals surface area contributed by atoms with E-state index in [2.05, 4.69) is 25.6 Å². The van der Waals surface area contributed by atoms with Crippen LogP contribution in [0, 0.1) is 13.8 Å². The highest BCUT2D eigenvalue weighted by atomic mass is 19.3. The number of aromatic nitrogens is 7. The first kappa shape index (κ1) is 24.4. The van der Waals surface area contributed by atoms with Gasteiger partial charge in [0.15, 0.2) is 5.82 Å². The monoisotopic (exact) mass is 504 g/mol. The number of nitrogens with zero attached hydrogens (tertiary/aromatic N) is 7. The van der Waals surface area contributed by atoms with E-state index in [0.717, 1.165) is 29.3 Å². The van der Waals surface area contributed by atoms with Crippen LogP contribution in [-0.4, -0.2) is 45.5 Å². The van der Waals surface area contributed by atoms with Crippen molar-refractivity contribution in [3.05, 3.63) is 71.9 Å². The van der Waals surface area contributed by atoms with Crippen molar-refractivity contribution in [3.63, 3.8) is 0 Å². The zero-order chi connectivity index (χ0) is 26.3. The third-order valence-electron chi connectivity index (χ3n) is 6.01. The lowest BCUT2D eigenvalue weighted by Crippen LogP contribution is -2.21. The molecule has 9 nitrogen and oxygen atoms in total. The summed E-state index contributed by atoms with van der Waals surface area (Å²) in [5, 5.41) is 25.9. The molecule has 4 aromatic heterocycles. The molecule has 0 aliphatic rings. The van der Waals surface area contributed by atoms with Gasteiger partial charge in [-0.05, 0) is 57.2 Å². The van der Waals surface area contributed by atoms with E-state index in [1.165, 1.54) is 10.9 Å². The maximum absolute atomic E-state index is 13.6. The molecule has 0 spiro atoms. The SMILES string of the molecule is Cc1ccc(Nc2ccc3c(c2)ncn3-c2ccc(C(C)O)c(-c3cnn(CC(C)(F)F)c3C)n2)nn1. The summed E-state index contributed by atoms with van der Waals surface area (Å²) in [7, 11) is 0. The van der Waals surface area contributed by atoms with E-state index >= 15 is 0 Å². The number of fused-ring (bicyclic) bond motifs is 1. The second-order valence-corrected chi connectivity index (χ2v) is 9.16. The number of hydrogen-bond donors (Lipinski definition) is 2. The van der Waals surface area contributed by atoms with Gasteiger partial charge in [0, 0.05) is 29.4 Å². The van der Waals surface area contributed by atoms with Crippen LogP contribution in [0.25, 0.3) is 28.1 Å². The minimum Gasteiger partial charge on any atom is -0.389 e. The molecule has 0 aliphatic heterocycles. The Morgan fingerprint density at radius 1 is 1.08 bits per heavy atom. The van der Waals surface area contributed by atoms with Crippen molar-refractivity contribution < 1.29 is 13.9 Å². The van der Waals surface area contributed by atoms with Crippen molar-refractivity contribution >= 4 is 22.5 Å². The lowest BCUT2D eigenvalue weighted by atomic mass is 10.0. The summed E-state index contributed by atoms with van der Waals surface area (Å²) in [6, 6.07) is 13.0. The van der Waals surface area contributed by atoms with Gasteiger partial charge < -0.3 is 10.4 Å². The van der Waals surface area contributed by atoms with Gasteiger partial charge in [-0.1, -0.05) is 6.07 Å². The summed E-state index contributed by atoms with van der Waals surface area (Å²) in [6.07, 6.45) is 2.36. The number of anilines is 2. The van der Waals surface area contributed by atoms with Crippen LogP contribution in [0.3, 0.4) is 0 Å². The third kappa shape index (κ3) is 5.03. The van der Waals surface area contributed by atoms with E-state index in [1.54, 1.807) is 32.3 Å². The Hall–Kier alpha value is -4.25. The van der Waals surface area contributed by atoms with Crippen LogP contribution in [0.1, 0.15) is 36.9 Å². The normalized spacial score (nSPS) is 12.7. The van der Waals surface area contributed by atoms with Crippen LogP contribution in [0.2, 0.25) is 0 Å². The number of imidazole rings is 1. The van der Waals surface area contributed by atoms with Gasteiger partial charge in [-0.2, -0.15) is 10.2 Å². The Balaban J connectivity index is 1.52. The Morgan fingerprint density at radius 2 is 1.89 bits per heavy atom. The maximum atomic E-state index is 13.6. The van der Waals surface area contributed by atoms with E-state index < -0.39 is 18.6 Å². The first-order chi connectivity index (χ1) is 17.6. The number of benzene rings is 1. The first-order valence-corrected chi connectivity index (χ1v) is 11.7. The first-order valence-electron chi connectivity index (χ1n) is 11.7. The Labute approximate surface area is 211 Å². The molecule has 2 N–H and O–H groups in total. The molecule has 0 amide bonds. The number of aliphatic hydroxyl groups excluding tert-OH is 1. The summed E-state index contributed by atoms with van der Waals surface area (Å²) in [5.41, 5.74) is 5.38. The standard InChI is InChI=1S/C26H26F2N8O/c1-15-5-9-23(34-33-15)31-18-6-8-22-21(11-18)29-14-35(22)24-10-7-19(17(3)37)25(32-24)20-12-30-36(16(20)2)13-26(4,27)28/h5-12,14,17,37H,13H2,1-4H3,(H,31,34). The quantitative estimate of drug-likeness (QED) is 0.316. The van der Waals surface area contributed by atoms with E-state index in [-0.39, 0.29) is 0 Å². The Bertz CT molecular complexity index is 1570. The van der Waals surface area contributed by atoms with Crippen LogP contribution >= 0.6 is 0 Å². The van der Waals surface area contributed by atoms with Crippen molar-refractivity contribution in [2.75, 3.05) is 5.32 Å². The van der Waals surface area contributed by atoms with E-state index in [9.17, 15) is 13.9 Å². The van der Waals surface area contributed by atoms with Gasteiger partial charge in [-0.15, -0.1) is 5.10 Å². The smallest absolute Gasteiger partial charge is 0.264 e. The average molecular weight is 505 g/mol. The molecule has 11 heteroatoms. The molecule has 0 aliphatic carbocycles. The maximum Gasteiger partial charge on any atom is 0.264 e. The van der Waals surface area contributed by atoms with Crippen LogP contribution in [0.4, 0.5) is 20.3 Å². The van der Waals surface area contributed by atoms with Crippen molar-refractivity contribution in [3.8, 4) is 17.1 Å². The lowest BCUT2D eigenvalue weighted by molar-refractivity contribution is 0.0000242. The van der Waals surface area contributed by atoms with Gasteiger partial charge in [-0.3, -0.25) is 9.25 Å². The molecular weight excluding hydrogens is 478 g/mol. The molecular formula is C26H26F2N8O. The summed E-state index contributed by atoms with van der Waals surface area (Å²) >= 11 is 0. The van der Waals surface area contributed by atoms with Crippen LogP contribution in [0.15, 0.2) is 55.0 Å². The second kappa shape index (κ2) is 9.32. The number of pyridine rings is 1. The fourth-order valence-corrected chi connectivity index (χ4v) is 4.13. The minimum atomic E-state index is -2.91. The van der Waals surface area contributed by atoms with Crippen molar-refractivity contribution in [1.82, 2.24) is 34.5 Å². The summed E-state index contributed by atoms with van der Waals surface area (Å²) in [5.74, 6) is -1.72. The minimum absolute atomic E-state index is 0.480. The average Bonchev–Trinajstić information content (AvgIpc) is 3.42. The topological polar surface area (TPSA) is 107 Å². The van der Waals surface area contributed by atoms with E-state index in [1.807, 2.05) is 41.8 Å². The lowest BCUT2D eigenvalue weighted by Gasteiger charge is -2.15. The molecule has 0 radical (unpaired) electrons. The van der Waals surface area contributed by atoms with Gasteiger partial charge in [0.2, 0.25) is 0 Å². The number of hydrogen-bond acceptors (Lipinski definition) is 7. The number of nitrogens with one attached hydrogen (secondary N) is 1. The molecule has 1 unspecified atom stereocenters. The number of aliphatic hydroxyl groups is 1. The Morgan fingerprint density at radius 3 is 2.59 bits per heavy atom. The number of rotatable bonds is 7. The van der Waals surface area contributed by atoms with E-state index in [0.29, 0.717) is 34.2 Å². The molecule has 190 valence electrons. The highest BCUT2D eigenvalue weighted by molar-refractivity contribution is 5.82. The van der Waals surface area contributed by atoms with Crippen LogP contribution in [-0.2, 0) is 6.54 Å². The van der Waals surface area contributed by atoms with Crippen molar-refractivity contribution in [2.45, 2.75) is 46.3 Å². The molecule has 0 saturated heterocycles. The molecule has 1 aromatic carbocycles. The van der Waals surface area contributed by atoms with Crippen LogP contribution < -0.4 is 5.32 Å². The highest BCUT2D eigenvalue weighted by Gasteiger charge is 2.25. The molecule has 0 fully saturated rings. The Kier molecular flexibility index (Phi) is 6.16. The van der Waals surface area contributed by atoms with Gasteiger partial charge in [0.1, 0.15) is 18.7 Å². The van der Waals surface area contributed by atoms with Crippen molar-refractivity contribution in [2.24, 2.45) is 0 Å². The highest BCUT2D eigenvalue weighted by Crippen LogP contribution is 2.32. The fraction of sp³-hybridized carbons (Fsp3) is 0.269. The predicted molar refractivity (Wildman–Crippen MR) is 136 cm³/mol. The van der Waals surface area contributed by atoms with Crippen molar-refractivity contribution in [1.29, 1.82) is 0 Å². The summed E-state index contributed by atoms with van der Waals surface area (Å²) in [6.45, 7) is 5.54. The molecule has 5 rings (SSSR count). The number of aryl methyl sites for hydroxylation is 1. The second-order valence-electron chi connectivity index (χ2n) is 9.16. The van der Waals surface area contributed by atoms with Gasteiger partial charge in [0.25, 0.3) is 5.92 Å². The molecule has 5 aromatic rings. The molecule has 1 atom stereocenters. The number of halogens is 2. The van der Waals surface area contributed by atoms with E-state index in [4.69, 9.17) is 4.98 Å². The fourth-order valence-electron chi connectivity index (χ4n) is 4.13. The van der Waals surface area contributed by atoms with Crippen LogP contribution in [0.5, 0.6) is 0 Å². The van der Waals surface area contributed by atoms with Gasteiger partial charge >= 0.3 is 0 Å². The third-order valence-corrected chi connectivity index (χ3v) is 6.01. The molecule has 37 heavy (non-hydrogen) atoms. The molecule has 4 heterocycles. The summed E-state index contributed by atoms with van der Waals surface area (Å²) < 4.78 is 30.4.